The van der Waals surface area contributed by atoms with Crippen molar-refractivity contribution in [3.8, 4) is 0 Å². The van der Waals surface area contributed by atoms with E-state index < -0.39 is 0 Å². The molecule has 0 bridgehead atoms. The van der Waals surface area contributed by atoms with Gasteiger partial charge in [-0.1, -0.05) is 6.42 Å². The maximum atomic E-state index is 4.42. The molecule has 2 fully saturated rings. The van der Waals surface area contributed by atoms with Crippen LogP contribution in [0.3, 0.4) is 0 Å². The third-order valence-corrected chi connectivity index (χ3v) is 2.69. The van der Waals surface area contributed by atoms with Crippen LogP contribution in [0.25, 0.3) is 5.32 Å². The quantitative estimate of drug-likeness (QED) is 0.660. The normalized spacial score (nSPS) is 37.1. The van der Waals surface area contributed by atoms with Crippen molar-refractivity contribution in [1.82, 2.24) is 5.32 Å². The van der Waals surface area contributed by atoms with E-state index in [0.29, 0.717) is 0 Å². The average Bonchev–Trinajstić information content (AvgIpc) is 2.05. The second-order valence-corrected chi connectivity index (χ2v) is 3.38. The van der Waals surface area contributed by atoms with Gasteiger partial charge in [0.15, 0.2) is 0 Å². The van der Waals surface area contributed by atoms with E-state index in [0.717, 1.165) is 25.0 Å². The van der Waals surface area contributed by atoms with Gasteiger partial charge in [0.05, 0.1) is 0 Å². The third-order valence-electron chi connectivity index (χ3n) is 2.69. The van der Waals surface area contributed by atoms with Gasteiger partial charge in [-0.25, -0.2) is 0 Å². The van der Waals surface area contributed by atoms with Crippen LogP contribution in [-0.4, -0.2) is 25.7 Å². The van der Waals surface area contributed by atoms with Crippen molar-refractivity contribution in [3.63, 3.8) is 0 Å². The molecule has 2 unspecified atom stereocenters. The number of nitrogens with zero attached hydrogens (tertiary/aromatic N) is 1. The second-order valence-electron chi connectivity index (χ2n) is 3.38. The first-order chi connectivity index (χ1) is 4.97. The zero-order chi connectivity index (χ0) is 6.81. The fourth-order valence-corrected chi connectivity index (χ4v) is 2.06. The summed E-state index contributed by atoms with van der Waals surface area (Å²) in [6.45, 7) is 3.45. The number of piperidine rings is 2. The van der Waals surface area contributed by atoms with Gasteiger partial charge in [-0.3, -0.25) is 0 Å². The minimum Gasteiger partial charge on any atom is -0.662 e. The molecule has 0 saturated carbocycles. The van der Waals surface area contributed by atoms with Crippen molar-refractivity contribution in [2.45, 2.75) is 25.3 Å². The van der Waals surface area contributed by atoms with Crippen LogP contribution >= 0.6 is 0 Å². The molecule has 3 heteroatoms. The van der Waals surface area contributed by atoms with Crippen molar-refractivity contribution in [2.24, 2.45) is 5.92 Å². The van der Waals surface area contributed by atoms with E-state index in [1.807, 2.05) is 0 Å². The summed E-state index contributed by atoms with van der Waals surface area (Å²) >= 11 is 0. The van der Waals surface area contributed by atoms with Gasteiger partial charge < -0.3 is 10.6 Å². The van der Waals surface area contributed by atoms with E-state index in [9.17, 15) is 0 Å². The molecule has 2 atom stereocenters. The molecule has 2 saturated heterocycles. The van der Waals surface area contributed by atoms with Crippen LogP contribution in [0.2, 0.25) is 0 Å². The Kier molecular flexibility index (Phi) is 4.51. The number of fused-ring (bicyclic) bond motifs is 1. The minimum atomic E-state index is 0. The molecule has 1 radical (unpaired) electrons. The topological polar surface area (TPSA) is 26.1 Å². The first kappa shape index (κ1) is 10.1. The first-order valence-electron chi connectivity index (χ1n) is 4.33. The molecular weight excluding hydrogens is 213 g/mol. The smallest absolute Gasteiger partial charge is 0.00625 e. The van der Waals surface area contributed by atoms with Gasteiger partial charge in [0.25, 0.3) is 0 Å². The Balaban J connectivity index is 0.000000605. The molecule has 2 nitrogen and oxygen atoms in total. The Labute approximate surface area is 93.8 Å². The molecule has 2 aliphatic rings. The number of hydrogen-bond donors (Lipinski definition) is 1. The predicted molar refractivity (Wildman–Crippen MR) is 42.2 cm³/mol. The van der Waals surface area contributed by atoms with E-state index in [1.54, 1.807) is 0 Å². The van der Waals surface area contributed by atoms with Crippen molar-refractivity contribution in [2.75, 3.05) is 19.6 Å². The van der Waals surface area contributed by atoms with Crippen molar-refractivity contribution in [3.05, 3.63) is 5.32 Å². The van der Waals surface area contributed by atoms with Crippen molar-refractivity contribution < 1.29 is 32.7 Å². The average molecular weight is 228 g/mol. The van der Waals surface area contributed by atoms with E-state index >= 15 is 0 Å². The fraction of sp³-hybridized carbons (Fsp3) is 1.00. The number of hydrogen-bond acceptors (Lipinski definition) is 1. The monoisotopic (exact) mass is 228 g/mol. The van der Waals surface area contributed by atoms with Gasteiger partial charge in [-0.05, 0) is 25.3 Å². The molecule has 0 aromatic carbocycles. The molecule has 2 heterocycles. The molecule has 2 rings (SSSR count). The molecular formula is C8H15N2Y-. The molecule has 2 aliphatic heterocycles. The maximum absolute atomic E-state index is 4.42. The van der Waals surface area contributed by atoms with Gasteiger partial charge in [0.2, 0.25) is 0 Å². The zero-order valence-corrected chi connectivity index (χ0v) is 9.76. The van der Waals surface area contributed by atoms with Gasteiger partial charge in [0, 0.05) is 38.8 Å². The SMILES string of the molecule is C1CNC2CC[N-]CC2C1.[Y]. The maximum Gasteiger partial charge on any atom is 0.00625 e. The molecule has 1 N–H and O–H groups in total. The second kappa shape index (κ2) is 4.91. The summed E-state index contributed by atoms with van der Waals surface area (Å²) in [5, 5.41) is 7.98. The standard InChI is InChI=1S/C8H15N2.Y/c1-2-7-6-9-5-3-8(7)10-4-1;/h7-8,10H,1-6H2;/q-1;. The van der Waals surface area contributed by atoms with Crippen LogP contribution < -0.4 is 5.32 Å². The van der Waals surface area contributed by atoms with E-state index in [4.69, 9.17) is 0 Å². The van der Waals surface area contributed by atoms with Gasteiger partial charge >= 0.3 is 0 Å². The summed E-state index contributed by atoms with van der Waals surface area (Å²) in [7, 11) is 0. The minimum absolute atomic E-state index is 0. The zero-order valence-electron chi connectivity index (χ0n) is 6.92. The third kappa shape index (κ3) is 2.48. The molecule has 0 aromatic heterocycles. The first-order valence-corrected chi connectivity index (χ1v) is 4.33. The van der Waals surface area contributed by atoms with Gasteiger partial charge in [-0.2, -0.15) is 0 Å². The van der Waals surface area contributed by atoms with E-state index in [2.05, 4.69) is 10.6 Å². The summed E-state index contributed by atoms with van der Waals surface area (Å²) in [5.41, 5.74) is 0. The molecule has 0 aromatic rings. The summed E-state index contributed by atoms with van der Waals surface area (Å²) in [6.07, 6.45) is 4.04. The predicted octanol–water partition coefficient (Wildman–Crippen LogP) is 1.13. The van der Waals surface area contributed by atoms with Crippen LogP contribution in [0, 0.1) is 5.92 Å². The summed E-state index contributed by atoms with van der Waals surface area (Å²) < 4.78 is 0. The number of rotatable bonds is 0. The van der Waals surface area contributed by atoms with Crippen LogP contribution in [0.4, 0.5) is 0 Å². The van der Waals surface area contributed by atoms with Gasteiger partial charge in [-0.15, -0.1) is 13.1 Å². The fourth-order valence-electron chi connectivity index (χ4n) is 2.06. The number of nitrogens with one attached hydrogen (secondary N) is 1. The van der Waals surface area contributed by atoms with Crippen molar-refractivity contribution >= 4 is 0 Å². The van der Waals surface area contributed by atoms with Crippen LogP contribution in [-0.2, 0) is 32.7 Å². The summed E-state index contributed by atoms with van der Waals surface area (Å²) in [5.74, 6) is 0.877. The molecule has 0 aliphatic carbocycles. The van der Waals surface area contributed by atoms with E-state index in [-0.39, 0.29) is 32.7 Å². The van der Waals surface area contributed by atoms with Gasteiger partial charge in [0.1, 0.15) is 0 Å². The molecule has 61 valence electrons. The van der Waals surface area contributed by atoms with E-state index in [1.165, 1.54) is 25.8 Å². The Bertz CT molecular complexity index is 92.7. The molecule has 11 heavy (non-hydrogen) atoms. The van der Waals surface area contributed by atoms with Crippen molar-refractivity contribution in [1.29, 1.82) is 0 Å². The Hall–Kier alpha value is 1.02. The summed E-state index contributed by atoms with van der Waals surface area (Å²) in [4.78, 5) is 0. The van der Waals surface area contributed by atoms with Crippen LogP contribution in [0.15, 0.2) is 0 Å². The molecule has 0 spiro atoms. The Morgan fingerprint density at radius 3 is 3.00 bits per heavy atom. The van der Waals surface area contributed by atoms with Crippen LogP contribution in [0.1, 0.15) is 19.3 Å². The Morgan fingerprint density at radius 1 is 1.27 bits per heavy atom. The summed E-state index contributed by atoms with van der Waals surface area (Å²) in [6, 6.07) is 0.811. The Morgan fingerprint density at radius 2 is 2.18 bits per heavy atom. The molecule has 0 amide bonds. The largest absolute Gasteiger partial charge is 0.662 e. The van der Waals surface area contributed by atoms with Crippen LogP contribution in [0.5, 0.6) is 0 Å².